The molecule has 2 N–H and O–H groups in total. The van der Waals surface area contributed by atoms with E-state index in [4.69, 9.17) is 0 Å². The minimum atomic E-state index is -0.944. The van der Waals surface area contributed by atoms with Crippen LogP contribution in [0.3, 0.4) is 0 Å². The number of nitrogens with one attached hydrogen (secondary N) is 1. The van der Waals surface area contributed by atoms with Crippen LogP contribution in [0.15, 0.2) is 30.9 Å². The molecule has 0 saturated carbocycles. The molecule has 0 fully saturated rings. The van der Waals surface area contributed by atoms with Crippen LogP contribution < -0.4 is 10.2 Å². The van der Waals surface area contributed by atoms with E-state index in [0.717, 1.165) is 17.7 Å². The highest BCUT2D eigenvalue weighted by Gasteiger charge is 2.25. The smallest absolute Gasteiger partial charge is 0.336 e. The van der Waals surface area contributed by atoms with Crippen molar-refractivity contribution in [3.8, 4) is 0 Å². The first kappa shape index (κ1) is 14.3. The SMILES string of the molecule is C=CCNCC(=O)N1CCCc2c(C(=O)O)cccc21. The molecule has 1 aliphatic heterocycles. The fourth-order valence-corrected chi connectivity index (χ4v) is 2.46. The predicted octanol–water partition coefficient (Wildman–Crippen LogP) is 1.44. The van der Waals surface area contributed by atoms with Crippen LogP contribution in [0.1, 0.15) is 22.3 Å². The molecule has 0 spiro atoms. The molecule has 0 atom stereocenters. The maximum atomic E-state index is 12.2. The summed E-state index contributed by atoms with van der Waals surface area (Å²) in [4.78, 5) is 25.1. The summed E-state index contributed by atoms with van der Waals surface area (Å²) in [5.74, 6) is -0.990. The molecule has 1 aromatic carbocycles. The molecule has 5 nitrogen and oxygen atoms in total. The Morgan fingerprint density at radius 2 is 2.25 bits per heavy atom. The van der Waals surface area contributed by atoms with Crippen LogP contribution in [0.5, 0.6) is 0 Å². The monoisotopic (exact) mass is 274 g/mol. The van der Waals surface area contributed by atoms with Crippen LogP contribution in [-0.4, -0.2) is 36.6 Å². The first-order valence-electron chi connectivity index (χ1n) is 6.62. The van der Waals surface area contributed by atoms with Gasteiger partial charge in [-0.1, -0.05) is 12.1 Å². The summed E-state index contributed by atoms with van der Waals surface area (Å²) in [6, 6.07) is 5.09. The second kappa shape index (κ2) is 6.34. The minimum absolute atomic E-state index is 0.0460. The third kappa shape index (κ3) is 2.88. The van der Waals surface area contributed by atoms with Gasteiger partial charge in [-0.25, -0.2) is 4.79 Å². The average Bonchev–Trinajstić information content (AvgIpc) is 2.46. The molecule has 20 heavy (non-hydrogen) atoms. The largest absolute Gasteiger partial charge is 0.478 e. The minimum Gasteiger partial charge on any atom is -0.478 e. The van der Waals surface area contributed by atoms with Crippen LogP contribution in [0, 0.1) is 0 Å². The third-order valence-electron chi connectivity index (χ3n) is 3.35. The Hall–Kier alpha value is -2.14. The molecule has 1 heterocycles. The summed E-state index contributed by atoms with van der Waals surface area (Å²) >= 11 is 0. The number of rotatable bonds is 5. The van der Waals surface area contributed by atoms with Crippen molar-refractivity contribution in [3.63, 3.8) is 0 Å². The van der Waals surface area contributed by atoms with Gasteiger partial charge in [-0.2, -0.15) is 0 Å². The van der Waals surface area contributed by atoms with E-state index in [1.807, 2.05) is 6.07 Å². The van der Waals surface area contributed by atoms with E-state index in [1.54, 1.807) is 23.1 Å². The van der Waals surface area contributed by atoms with E-state index >= 15 is 0 Å². The maximum Gasteiger partial charge on any atom is 0.336 e. The zero-order valence-corrected chi connectivity index (χ0v) is 11.3. The van der Waals surface area contributed by atoms with Crippen LogP contribution in [0.2, 0.25) is 0 Å². The Labute approximate surface area is 117 Å². The fraction of sp³-hybridized carbons (Fsp3) is 0.333. The Bertz CT molecular complexity index is 540. The molecule has 5 heteroatoms. The van der Waals surface area contributed by atoms with Gasteiger partial charge in [0.15, 0.2) is 0 Å². The number of benzene rings is 1. The quantitative estimate of drug-likeness (QED) is 0.629. The molecule has 1 amide bonds. The summed E-state index contributed by atoms with van der Waals surface area (Å²) < 4.78 is 0. The van der Waals surface area contributed by atoms with Gasteiger partial charge in [-0.15, -0.1) is 6.58 Å². The lowest BCUT2D eigenvalue weighted by atomic mass is 9.96. The normalized spacial score (nSPS) is 13.7. The van der Waals surface area contributed by atoms with Gasteiger partial charge < -0.3 is 15.3 Å². The average molecular weight is 274 g/mol. The second-order valence-corrected chi connectivity index (χ2v) is 4.68. The van der Waals surface area contributed by atoms with Crippen molar-refractivity contribution in [2.45, 2.75) is 12.8 Å². The molecular weight excluding hydrogens is 256 g/mol. The van der Waals surface area contributed by atoms with E-state index in [2.05, 4.69) is 11.9 Å². The van der Waals surface area contributed by atoms with Gasteiger partial charge >= 0.3 is 5.97 Å². The number of amides is 1. The van der Waals surface area contributed by atoms with Crippen molar-refractivity contribution in [3.05, 3.63) is 42.0 Å². The molecule has 1 aromatic rings. The Morgan fingerprint density at radius 1 is 1.45 bits per heavy atom. The Kier molecular flexibility index (Phi) is 4.53. The number of carboxylic acids is 1. The molecule has 2 rings (SSSR count). The highest BCUT2D eigenvalue weighted by Crippen LogP contribution is 2.29. The van der Waals surface area contributed by atoms with E-state index in [1.165, 1.54) is 0 Å². The van der Waals surface area contributed by atoms with Gasteiger partial charge in [-0.05, 0) is 30.5 Å². The summed E-state index contributed by atoms with van der Waals surface area (Å²) in [6.07, 6.45) is 3.17. The molecule has 0 unspecified atom stereocenters. The van der Waals surface area contributed by atoms with Crippen molar-refractivity contribution in [1.29, 1.82) is 0 Å². The summed E-state index contributed by atoms with van der Waals surface area (Å²) in [6.45, 7) is 5.01. The number of fused-ring (bicyclic) bond motifs is 1. The Morgan fingerprint density at radius 3 is 2.95 bits per heavy atom. The van der Waals surface area contributed by atoms with Crippen LogP contribution in [-0.2, 0) is 11.2 Å². The maximum absolute atomic E-state index is 12.2. The number of anilines is 1. The molecule has 0 aliphatic carbocycles. The van der Waals surface area contributed by atoms with Crippen LogP contribution in [0.4, 0.5) is 5.69 Å². The molecule has 0 saturated heterocycles. The van der Waals surface area contributed by atoms with E-state index in [-0.39, 0.29) is 12.5 Å². The number of nitrogens with zero attached hydrogens (tertiary/aromatic N) is 1. The third-order valence-corrected chi connectivity index (χ3v) is 3.35. The fourth-order valence-electron chi connectivity index (χ4n) is 2.46. The van der Waals surface area contributed by atoms with Crippen molar-refractivity contribution in [2.24, 2.45) is 0 Å². The van der Waals surface area contributed by atoms with E-state index in [9.17, 15) is 14.7 Å². The zero-order chi connectivity index (χ0) is 14.5. The van der Waals surface area contributed by atoms with E-state index < -0.39 is 5.97 Å². The predicted molar refractivity (Wildman–Crippen MR) is 77.1 cm³/mol. The Balaban J connectivity index is 2.24. The van der Waals surface area contributed by atoms with Gasteiger partial charge in [-0.3, -0.25) is 4.79 Å². The molecule has 0 radical (unpaired) electrons. The number of carbonyl (C=O) groups is 2. The molecular formula is C15H18N2O3. The standard InChI is InChI=1S/C15H18N2O3/c1-2-8-16-10-14(18)17-9-4-6-11-12(15(19)20)5-3-7-13(11)17/h2-3,5,7,16H,1,4,6,8-10H2,(H,19,20). The molecule has 0 bridgehead atoms. The van der Waals surface area contributed by atoms with Crippen molar-refractivity contribution < 1.29 is 14.7 Å². The van der Waals surface area contributed by atoms with Gasteiger partial charge in [0.25, 0.3) is 0 Å². The molecule has 0 aromatic heterocycles. The number of carboxylic acid groups (broad SMARTS) is 1. The molecule has 1 aliphatic rings. The number of hydrogen-bond donors (Lipinski definition) is 2. The summed E-state index contributed by atoms with van der Waals surface area (Å²) in [5.41, 5.74) is 1.77. The van der Waals surface area contributed by atoms with Crippen molar-refractivity contribution >= 4 is 17.6 Å². The highest BCUT2D eigenvalue weighted by atomic mass is 16.4. The van der Waals surface area contributed by atoms with Crippen LogP contribution >= 0.6 is 0 Å². The molecule has 106 valence electrons. The van der Waals surface area contributed by atoms with Gasteiger partial charge in [0.2, 0.25) is 5.91 Å². The van der Waals surface area contributed by atoms with Gasteiger partial charge in [0.1, 0.15) is 0 Å². The highest BCUT2D eigenvalue weighted by molar-refractivity contribution is 5.99. The lowest BCUT2D eigenvalue weighted by Gasteiger charge is -2.30. The summed E-state index contributed by atoms with van der Waals surface area (Å²) in [7, 11) is 0. The van der Waals surface area contributed by atoms with Crippen molar-refractivity contribution in [2.75, 3.05) is 24.5 Å². The lowest BCUT2D eigenvalue weighted by molar-refractivity contribution is -0.117. The second-order valence-electron chi connectivity index (χ2n) is 4.68. The number of aromatic carboxylic acids is 1. The topological polar surface area (TPSA) is 69.6 Å². The van der Waals surface area contributed by atoms with Crippen molar-refractivity contribution in [1.82, 2.24) is 5.32 Å². The first-order valence-corrected chi connectivity index (χ1v) is 6.62. The van der Waals surface area contributed by atoms with E-state index in [0.29, 0.717) is 25.1 Å². The van der Waals surface area contributed by atoms with Crippen LogP contribution in [0.25, 0.3) is 0 Å². The number of hydrogen-bond acceptors (Lipinski definition) is 3. The first-order chi connectivity index (χ1) is 9.65. The van der Waals surface area contributed by atoms with Gasteiger partial charge in [0, 0.05) is 18.8 Å². The lowest BCUT2D eigenvalue weighted by Crippen LogP contribution is -2.41. The summed E-state index contributed by atoms with van der Waals surface area (Å²) in [5, 5.41) is 12.2. The zero-order valence-electron chi connectivity index (χ0n) is 11.3. The van der Waals surface area contributed by atoms with Gasteiger partial charge in [0.05, 0.1) is 12.1 Å². The number of carbonyl (C=O) groups excluding carboxylic acids is 1.